The molecule has 0 saturated carbocycles. The van der Waals surface area contributed by atoms with Gasteiger partial charge in [-0.1, -0.05) is 13.3 Å². The number of nitrogens with zero attached hydrogens (tertiary/aromatic N) is 2. The predicted octanol–water partition coefficient (Wildman–Crippen LogP) is 4.12. The van der Waals surface area contributed by atoms with Crippen molar-refractivity contribution in [1.82, 2.24) is 9.97 Å². The van der Waals surface area contributed by atoms with E-state index < -0.39 is 0 Å². The van der Waals surface area contributed by atoms with Crippen molar-refractivity contribution in [1.29, 1.82) is 0 Å². The molecule has 3 aromatic heterocycles. The number of aromatic nitrogens is 2. The van der Waals surface area contributed by atoms with Crippen LogP contribution in [0.5, 0.6) is 0 Å². The first kappa shape index (κ1) is 12.9. The molecule has 100 valence electrons. The largest absolute Gasteiger partial charge is 0.298 e. The van der Waals surface area contributed by atoms with Gasteiger partial charge in [0.25, 0.3) is 0 Å². The first-order valence-electron chi connectivity index (χ1n) is 6.61. The first-order valence-corrected chi connectivity index (χ1v) is 7.42. The van der Waals surface area contributed by atoms with Crippen LogP contribution in [0.4, 0.5) is 0 Å². The van der Waals surface area contributed by atoms with Gasteiger partial charge in [0, 0.05) is 18.0 Å². The fourth-order valence-corrected chi connectivity index (χ4v) is 3.34. The molecule has 3 nitrogen and oxygen atoms in total. The summed E-state index contributed by atoms with van der Waals surface area (Å²) in [6.07, 6.45) is 6.47. The van der Waals surface area contributed by atoms with E-state index in [1.165, 1.54) is 10.3 Å². The van der Waals surface area contributed by atoms with Gasteiger partial charge in [-0.2, -0.15) is 0 Å². The highest BCUT2D eigenvalue weighted by atomic mass is 32.1. The number of fused-ring (bicyclic) bond motifs is 1. The van der Waals surface area contributed by atoms with E-state index in [2.05, 4.69) is 29.0 Å². The molecule has 0 radical (unpaired) electrons. The maximum absolute atomic E-state index is 10.7. The van der Waals surface area contributed by atoms with Gasteiger partial charge in [-0.05, 0) is 36.2 Å². The number of aldehydes is 1. The maximum atomic E-state index is 10.7. The van der Waals surface area contributed by atoms with Gasteiger partial charge < -0.3 is 0 Å². The van der Waals surface area contributed by atoms with E-state index in [0.717, 1.165) is 35.2 Å². The number of hydrogen-bond donors (Lipinski definition) is 0. The molecule has 0 unspecified atom stereocenters. The maximum Gasteiger partial charge on any atom is 0.151 e. The molecule has 0 fully saturated rings. The topological polar surface area (TPSA) is 42.9 Å². The second kappa shape index (κ2) is 5.51. The Morgan fingerprint density at radius 3 is 2.85 bits per heavy atom. The molecular formula is C16H14N2OS. The van der Waals surface area contributed by atoms with Crippen molar-refractivity contribution < 1.29 is 4.79 Å². The summed E-state index contributed by atoms with van der Waals surface area (Å²) in [7, 11) is 0. The van der Waals surface area contributed by atoms with Gasteiger partial charge in [-0.3, -0.25) is 14.8 Å². The van der Waals surface area contributed by atoms with Gasteiger partial charge in [0.1, 0.15) is 0 Å². The highest BCUT2D eigenvalue weighted by Gasteiger charge is 2.09. The third-order valence-corrected chi connectivity index (χ3v) is 4.41. The predicted molar refractivity (Wildman–Crippen MR) is 82.2 cm³/mol. The van der Waals surface area contributed by atoms with Crippen LogP contribution < -0.4 is 0 Å². The third-order valence-electron chi connectivity index (χ3n) is 3.19. The number of pyridine rings is 2. The molecule has 0 N–H and O–H groups in total. The zero-order chi connectivity index (χ0) is 13.9. The highest BCUT2D eigenvalue weighted by Crippen LogP contribution is 2.33. The Morgan fingerprint density at radius 1 is 1.25 bits per heavy atom. The molecular weight excluding hydrogens is 268 g/mol. The molecule has 0 aliphatic heterocycles. The lowest BCUT2D eigenvalue weighted by Gasteiger charge is -1.98. The van der Waals surface area contributed by atoms with Crippen molar-refractivity contribution in [3.05, 3.63) is 47.8 Å². The van der Waals surface area contributed by atoms with E-state index in [9.17, 15) is 4.79 Å². The number of hydrogen-bond acceptors (Lipinski definition) is 4. The average molecular weight is 282 g/mol. The van der Waals surface area contributed by atoms with Crippen molar-refractivity contribution in [2.24, 2.45) is 0 Å². The van der Waals surface area contributed by atoms with Crippen LogP contribution in [-0.4, -0.2) is 16.3 Å². The number of rotatable bonds is 4. The molecule has 0 atom stereocenters. The number of carbonyl (C=O) groups excluding carboxylic acids is 1. The lowest BCUT2D eigenvalue weighted by atomic mass is 10.1. The second-order valence-electron chi connectivity index (χ2n) is 4.64. The Hall–Kier alpha value is -2.07. The van der Waals surface area contributed by atoms with E-state index in [1.54, 1.807) is 23.6 Å². The SMILES string of the molecule is CCCc1ccnc2cc(-c3ccc(C=O)cn3)sc12. The Morgan fingerprint density at radius 2 is 2.15 bits per heavy atom. The summed E-state index contributed by atoms with van der Waals surface area (Å²) in [5, 5.41) is 0. The molecule has 0 bridgehead atoms. The van der Waals surface area contributed by atoms with Crippen LogP contribution >= 0.6 is 11.3 Å². The molecule has 0 aliphatic carbocycles. The Kier molecular flexibility index (Phi) is 3.56. The smallest absolute Gasteiger partial charge is 0.151 e. The summed E-state index contributed by atoms with van der Waals surface area (Å²) in [6, 6.07) is 7.84. The van der Waals surface area contributed by atoms with E-state index in [0.29, 0.717) is 5.56 Å². The third kappa shape index (κ3) is 2.34. The average Bonchev–Trinajstić information content (AvgIpc) is 2.93. The van der Waals surface area contributed by atoms with Crippen molar-refractivity contribution >= 4 is 27.8 Å². The van der Waals surface area contributed by atoms with Crippen molar-refractivity contribution in [3.8, 4) is 10.6 Å². The molecule has 3 heterocycles. The molecule has 0 amide bonds. The first-order chi connectivity index (χ1) is 9.81. The second-order valence-corrected chi connectivity index (χ2v) is 5.69. The van der Waals surface area contributed by atoms with E-state index in [4.69, 9.17) is 0 Å². The monoisotopic (exact) mass is 282 g/mol. The van der Waals surface area contributed by atoms with Crippen LogP contribution in [0.15, 0.2) is 36.7 Å². The minimum absolute atomic E-state index is 0.597. The summed E-state index contributed by atoms with van der Waals surface area (Å²) in [5.41, 5.74) is 3.86. The van der Waals surface area contributed by atoms with Gasteiger partial charge >= 0.3 is 0 Å². The fourth-order valence-electron chi connectivity index (χ4n) is 2.20. The zero-order valence-electron chi connectivity index (χ0n) is 11.2. The quantitative estimate of drug-likeness (QED) is 0.676. The van der Waals surface area contributed by atoms with E-state index >= 15 is 0 Å². The van der Waals surface area contributed by atoms with Crippen molar-refractivity contribution in [2.75, 3.05) is 0 Å². The number of thiophene rings is 1. The normalized spacial score (nSPS) is 10.8. The van der Waals surface area contributed by atoms with Crippen LogP contribution in [0.25, 0.3) is 20.8 Å². The van der Waals surface area contributed by atoms with Gasteiger partial charge in [0.05, 0.1) is 20.8 Å². The Balaban J connectivity index is 2.07. The highest BCUT2D eigenvalue weighted by molar-refractivity contribution is 7.22. The lowest BCUT2D eigenvalue weighted by molar-refractivity contribution is 0.112. The Bertz CT molecular complexity index is 747. The molecule has 3 rings (SSSR count). The van der Waals surface area contributed by atoms with Gasteiger partial charge in [0.15, 0.2) is 6.29 Å². The Labute approximate surface area is 121 Å². The summed E-state index contributed by atoms with van der Waals surface area (Å²) < 4.78 is 1.24. The number of aryl methyl sites for hydroxylation is 1. The van der Waals surface area contributed by atoms with E-state index in [-0.39, 0.29) is 0 Å². The minimum Gasteiger partial charge on any atom is -0.298 e. The minimum atomic E-state index is 0.597. The van der Waals surface area contributed by atoms with Crippen LogP contribution in [-0.2, 0) is 6.42 Å². The van der Waals surface area contributed by atoms with Crippen LogP contribution in [0.2, 0.25) is 0 Å². The molecule has 3 aromatic rings. The molecule has 0 aromatic carbocycles. The summed E-state index contributed by atoms with van der Waals surface area (Å²) >= 11 is 1.72. The molecule has 0 spiro atoms. The lowest BCUT2D eigenvalue weighted by Crippen LogP contribution is -1.83. The summed E-state index contributed by atoms with van der Waals surface area (Å²) in [6.45, 7) is 2.18. The van der Waals surface area contributed by atoms with Crippen LogP contribution in [0, 0.1) is 0 Å². The van der Waals surface area contributed by atoms with Gasteiger partial charge in [-0.25, -0.2) is 0 Å². The van der Waals surface area contributed by atoms with Crippen LogP contribution in [0.1, 0.15) is 29.3 Å². The van der Waals surface area contributed by atoms with Gasteiger partial charge in [-0.15, -0.1) is 11.3 Å². The molecule has 0 saturated heterocycles. The summed E-state index contributed by atoms with van der Waals surface area (Å²) in [5.74, 6) is 0. The van der Waals surface area contributed by atoms with Gasteiger partial charge in [0.2, 0.25) is 0 Å². The standard InChI is InChI=1S/C16H14N2OS/c1-2-3-12-6-7-17-14-8-15(20-16(12)14)13-5-4-11(10-19)9-18-13/h4-10H,2-3H2,1H3. The number of carbonyl (C=O) groups is 1. The van der Waals surface area contributed by atoms with E-state index in [1.807, 2.05) is 12.3 Å². The fraction of sp³-hybridized carbons (Fsp3) is 0.188. The summed E-state index contributed by atoms with van der Waals surface area (Å²) in [4.78, 5) is 20.5. The molecule has 20 heavy (non-hydrogen) atoms. The van der Waals surface area contributed by atoms with Crippen molar-refractivity contribution in [2.45, 2.75) is 19.8 Å². The zero-order valence-corrected chi connectivity index (χ0v) is 12.0. The molecule has 4 heteroatoms. The van der Waals surface area contributed by atoms with Crippen molar-refractivity contribution in [3.63, 3.8) is 0 Å². The van der Waals surface area contributed by atoms with Crippen LogP contribution in [0.3, 0.4) is 0 Å². The molecule has 0 aliphatic rings.